The fraction of sp³-hybridized carbons (Fsp3) is 0.915. The first-order chi connectivity index (χ1) is 27.3. The highest BCUT2D eigenvalue weighted by Gasteiger charge is 2.38. The van der Waals surface area contributed by atoms with E-state index < -0.39 is 18.1 Å². The molecule has 1 heterocycles. The molecule has 1 unspecified atom stereocenters. The largest absolute Gasteiger partial charge is 0.480 e. The Hall–Kier alpha value is -2.16. The Bertz CT molecular complexity index is 958. The van der Waals surface area contributed by atoms with Gasteiger partial charge in [-0.15, -0.1) is 0 Å². The van der Waals surface area contributed by atoms with E-state index in [1.165, 1.54) is 109 Å². The van der Waals surface area contributed by atoms with Crippen molar-refractivity contribution >= 4 is 23.9 Å². The zero-order chi connectivity index (χ0) is 40.9. The molecule has 0 aromatic carbocycles. The lowest BCUT2D eigenvalue weighted by Crippen LogP contribution is -2.36. The van der Waals surface area contributed by atoms with Gasteiger partial charge in [0, 0.05) is 32.2 Å². The molecule has 0 aliphatic carbocycles. The molecule has 1 aliphatic rings. The fourth-order valence-corrected chi connectivity index (χ4v) is 7.83. The average Bonchev–Trinajstić information content (AvgIpc) is 3.58. The predicted molar refractivity (Wildman–Crippen MR) is 228 cm³/mol. The molecule has 1 rings (SSSR count). The molecule has 9 nitrogen and oxygen atoms in total. The van der Waals surface area contributed by atoms with E-state index in [4.69, 9.17) is 14.2 Å². The summed E-state index contributed by atoms with van der Waals surface area (Å²) in [4.78, 5) is 51.3. The minimum Gasteiger partial charge on any atom is -0.480 e. The van der Waals surface area contributed by atoms with Gasteiger partial charge in [-0.1, -0.05) is 156 Å². The minimum absolute atomic E-state index is 0.0385. The van der Waals surface area contributed by atoms with E-state index in [1.54, 1.807) is 0 Å². The van der Waals surface area contributed by atoms with Crippen LogP contribution in [0.4, 0.5) is 0 Å². The summed E-state index contributed by atoms with van der Waals surface area (Å²) < 4.78 is 17.1. The summed E-state index contributed by atoms with van der Waals surface area (Å²) >= 11 is 0. The number of esters is 3. The summed E-state index contributed by atoms with van der Waals surface area (Å²) in [7, 11) is 0. The van der Waals surface area contributed by atoms with Crippen LogP contribution in [0.1, 0.15) is 239 Å². The molecule has 1 saturated heterocycles. The van der Waals surface area contributed by atoms with Gasteiger partial charge in [0.2, 0.25) is 0 Å². The van der Waals surface area contributed by atoms with E-state index in [1.807, 2.05) is 4.90 Å². The molecule has 0 aromatic rings. The lowest BCUT2D eigenvalue weighted by atomic mass is 10.0. The van der Waals surface area contributed by atoms with Crippen LogP contribution in [0.25, 0.3) is 0 Å². The number of likely N-dealkylation sites (tertiary alicyclic amines) is 1. The summed E-state index contributed by atoms with van der Waals surface area (Å²) in [5.74, 6) is -1.41. The first kappa shape index (κ1) is 51.9. The van der Waals surface area contributed by atoms with Crippen LogP contribution in [0.3, 0.4) is 0 Å². The SMILES string of the molecule is CCCCCCCCCCCOC(=O)CCCCCN1CC(OC(=O)CCCCCCC(=O)OC(CCCCCCCC)CCCCCCCC)C[C@H]1C(=O)O. The summed E-state index contributed by atoms with van der Waals surface area (Å²) in [6, 6.07) is -0.662. The molecule has 0 radical (unpaired) electrons. The summed E-state index contributed by atoms with van der Waals surface area (Å²) in [6.07, 6.45) is 34.4. The second-order valence-corrected chi connectivity index (χ2v) is 16.7. The van der Waals surface area contributed by atoms with Gasteiger partial charge in [0.25, 0.3) is 0 Å². The van der Waals surface area contributed by atoms with Crippen molar-refractivity contribution in [3.63, 3.8) is 0 Å². The van der Waals surface area contributed by atoms with Gasteiger partial charge < -0.3 is 19.3 Å². The maximum atomic E-state index is 12.7. The fourth-order valence-electron chi connectivity index (χ4n) is 7.83. The molecule has 0 spiro atoms. The first-order valence-electron chi connectivity index (χ1n) is 23.8. The number of unbranched alkanes of at least 4 members (excludes halogenated alkanes) is 23. The van der Waals surface area contributed by atoms with Crippen molar-refractivity contribution in [2.45, 2.75) is 257 Å². The van der Waals surface area contributed by atoms with Gasteiger partial charge in [-0.25, -0.2) is 0 Å². The standard InChI is InChI=1S/C47H87NO8/c1-4-7-10-13-16-17-18-23-31-38-54-44(49)34-29-24-30-37-48-40-42(39-43(48)47(52)53)56-46(51)36-28-22-21-27-35-45(50)55-41(32-25-19-14-11-8-5-2)33-26-20-15-12-9-6-3/h41-43H,4-40H2,1-3H3,(H,52,53)/t42?,43-/m0/s1. The molecule has 9 heteroatoms. The lowest BCUT2D eigenvalue weighted by molar-refractivity contribution is -0.150. The molecule has 0 amide bonds. The molecule has 2 atom stereocenters. The van der Waals surface area contributed by atoms with Crippen LogP contribution in [0.15, 0.2) is 0 Å². The molecule has 1 N–H and O–H groups in total. The van der Waals surface area contributed by atoms with E-state index in [2.05, 4.69) is 20.8 Å². The third-order valence-electron chi connectivity index (χ3n) is 11.4. The van der Waals surface area contributed by atoms with Crippen molar-refractivity contribution in [2.24, 2.45) is 0 Å². The number of hydrogen-bond acceptors (Lipinski definition) is 8. The van der Waals surface area contributed by atoms with Crippen LogP contribution < -0.4 is 0 Å². The number of ether oxygens (including phenoxy) is 3. The Kier molecular flexibility index (Phi) is 34.4. The molecule has 1 fully saturated rings. The second-order valence-electron chi connectivity index (χ2n) is 16.7. The molecule has 1 aliphatic heterocycles. The van der Waals surface area contributed by atoms with Gasteiger partial charge in [-0.05, 0) is 64.3 Å². The normalized spacial score (nSPS) is 15.7. The Labute approximate surface area is 343 Å². The zero-order valence-electron chi connectivity index (χ0n) is 36.6. The second kappa shape index (κ2) is 37.1. The smallest absolute Gasteiger partial charge is 0.321 e. The number of nitrogens with zero attached hydrogens (tertiary/aromatic N) is 1. The molecule has 0 saturated carbocycles. The molecule has 0 bridgehead atoms. The summed E-state index contributed by atoms with van der Waals surface area (Å²) in [5, 5.41) is 9.79. The first-order valence-corrected chi connectivity index (χ1v) is 23.8. The van der Waals surface area contributed by atoms with Crippen molar-refractivity contribution in [1.82, 2.24) is 4.90 Å². The highest BCUT2D eigenvalue weighted by molar-refractivity contribution is 5.74. The maximum absolute atomic E-state index is 12.7. The van der Waals surface area contributed by atoms with Gasteiger partial charge in [-0.2, -0.15) is 0 Å². The molecule has 56 heavy (non-hydrogen) atoms. The number of hydrogen-bond donors (Lipinski definition) is 1. The minimum atomic E-state index is -0.890. The quantitative estimate of drug-likeness (QED) is 0.0367. The van der Waals surface area contributed by atoms with E-state index in [0.717, 1.165) is 77.0 Å². The Morgan fingerprint density at radius 2 is 0.964 bits per heavy atom. The zero-order valence-corrected chi connectivity index (χ0v) is 36.6. The van der Waals surface area contributed by atoms with Gasteiger partial charge in [0.15, 0.2) is 0 Å². The third kappa shape index (κ3) is 30.0. The van der Waals surface area contributed by atoms with Gasteiger partial charge in [0.1, 0.15) is 18.2 Å². The monoisotopic (exact) mass is 794 g/mol. The number of aliphatic carboxylic acids is 1. The van der Waals surface area contributed by atoms with Gasteiger partial charge >= 0.3 is 23.9 Å². The van der Waals surface area contributed by atoms with Crippen molar-refractivity contribution in [3.05, 3.63) is 0 Å². The van der Waals surface area contributed by atoms with E-state index in [9.17, 15) is 24.3 Å². The summed E-state index contributed by atoms with van der Waals surface area (Å²) in [5.41, 5.74) is 0. The van der Waals surface area contributed by atoms with Crippen LogP contribution in [0.2, 0.25) is 0 Å². The van der Waals surface area contributed by atoms with E-state index in [0.29, 0.717) is 51.8 Å². The number of rotatable bonds is 40. The highest BCUT2D eigenvalue weighted by atomic mass is 16.5. The van der Waals surface area contributed by atoms with Crippen molar-refractivity contribution in [3.8, 4) is 0 Å². The predicted octanol–water partition coefficient (Wildman–Crippen LogP) is 12.4. The Morgan fingerprint density at radius 3 is 1.48 bits per heavy atom. The average molecular weight is 794 g/mol. The Balaban J connectivity index is 2.20. The Morgan fingerprint density at radius 1 is 0.536 bits per heavy atom. The van der Waals surface area contributed by atoms with Crippen LogP contribution in [0, 0.1) is 0 Å². The van der Waals surface area contributed by atoms with Crippen molar-refractivity contribution in [1.29, 1.82) is 0 Å². The molecule has 328 valence electrons. The van der Waals surface area contributed by atoms with E-state index in [-0.39, 0.29) is 24.0 Å². The van der Waals surface area contributed by atoms with Gasteiger partial charge in [-0.3, -0.25) is 24.1 Å². The number of carboxylic acids is 1. The maximum Gasteiger partial charge on any atom is 0.321 e. The number of carboxylic acid groups (broad SMARTS) is 1. The van der Waals surface area contributed by atoms with Crippen LogP contribution in [-0.4, -0.2) is 71.8 Å². The van der Waals surface area contributed by atoms with Crippen LogP contribution in [0.5, 0.6) is 0 Å². The molecule has 0 aromatic heterocycles. The molecular weight excluding hydrogens is 707 g/mol. The number of carbonyl (C=O) groups is 4. The van der Waals surface area contributed by atoms with Crippen molar-refractivity contribution in [2.75, 3.05) is 19.7 Å². The number of carbonyl (C=O) groups excluding carboxylic acids is 3. The third-order valence-corrected chi connectivity index (χ3v) is 11.4. The van der Waals surface area contributed by atoms with Gasteiger partial charge in [0.05, 0.1) is 6.61 Å². The topological polar surface area (TPSA) is 119 Å². The summed E-state index contributed by atoms with van der Waals surface area (Å²) in [6.45, 7) is 8.23. The lowest BCUT2D eigenvalue weighted by Gasteiger charge is -2.20. The van der Waals surface area contributed by atoms with Crippen molar-refractivity contribution < 1.29 is 38.5 Å². The van der Waals surface area contributed by atoms with E-state index >= 15 is 0 Å². The van der Waals surface area contributed by atoms with Crippen LogP contribution >= 0.6 is 0 Å². The highest BCUT2D eigenvalue weighted by Crippen LogP contribution is 2.23. The van der Waals surface area contributed by atoms with Crippen LogP contribution in [-0.2, 0) is 33.4 Å². The molecular formula is C47H87NO8.